The highest BCUT2D eigenvalue weighted by Gasteiger charge is 1.98. The van der Waals surface area contributed by atoms with Gasteiger partial charge in [0.25, 0.3) is 0 Å². The topological polar surface area (TPSA) is 24.1 Å². The third-order valence-corrected chi connectivity index (χ3v) is 2.49. The van der Waals surface area contributed by atoms with E-state index in [2.05, 4.69) is 17.6 Å². The van der Waals surface area contributed by atoms with Crippen molar-refractivity contribution >= 4 is 0 Å². The first-order valence-corrected chi connectivity index (χ1v) is 5.99. The molecule has 0 fully saturated rings. The first kappa shape index (κ1) is 13.1. The van der Waals surface area contributed by atoms with Crippen molar-refractivity contribution in [1.29, 1.82) is 0 Å². The summed E-state index contributed by atoms with van der Waals surface area (Å²) in [6, 6.07) is 6.96. The van der Waals surface area contributed by atoms with Crippen LogP contribution in [0, 0.1) is 5.82 Å². The molecule has 1 aromatic carbocycles. The lowest BCUT2D eigenvalue weighted by Gasteiger charge is -2.06. The number of hydrogen-bond acceptors (Lipinski definition) is 2. The van der Waals surface area contributed by atoms with Crippen molar-refractivity contribution in [2.24, 2.45) is 0 Å². The first-order valence-electron chi connectivity index (χ1n) is 5.99. The lowest BCUT2D eigenvalue weighted by atomic mass is 10.1. The fraction of sp³-hybridized carbons (Fsp3) is 0.538. The molecule has 90 valence electrons. The predicted molar refractivity (Wildman–Crippen MR) is 66.1 cm³/mol. The molecule has 0 amide bonds. The van der Waals surface area contributed by atoms with E-state index >= 15 is 0 Å². The highest BCUT2D eigenvalue weighted by Crippen LogP contribution is 2.05. The van der Waals surface area contributed by atoms with E-state index in [1.54, 1.807) is 6.07 Å². The van der Waals surface area contributed by atoms with Crippen molar-refractivity contribution in [3.8, 4) is 0 Å². The second-order valence-electron chi connectivity index (χ2n) is 3.80. The van der Waals surface area contributed by atoms with E-state index in [4.69, 9.17) is 0 Å². The summed E-state index contributed by atoms with van der Waals surface area (Å²) < 4.78 is 13.2. The average Bonchev–Trinajstić information content (AvgIpc) is 2.30. The highest BCUT2D eigenvalue weighted by molar-refractivity contribution is 5.17. The highest BCUT2D eigenvalue weighted by atomic mass is 19.1. The van der Waals surface area contributed by atoms with Crippen LogP contribution in [-0.4, -0.2) is 26.2 Å². The fourth-order valence-electron chi connectivity index (χ4n) is 1.56. The van der Waals surface area contributed by atoms with Gasteiger partial charge in [0.1, 0.15) is 5.82 Å². The molecule has 0 aliphatic rings. The third kappa shape index (κ3) is 5.24. The van der Waals surface area contributed by atoms with Crippen LogP contribution in [0.25, 0.3) is 0 Å². The lowest BCUT2D eigenvalue weighted by Crippen LogP contribution is -2.23. The zero-order chi connectivity index (χ0) is 11.6. The lowest BCUT2D eigenvalue weighted by molar-refractivity contribution is 0.583. The van der Waals surface area contributed by atoms with Crippen LogP contribution in [0.15, 0.2) is 24.3 Å². The molecule has 0 aromatic heterocycles. The van der Waals surface area contributed by atoms with E-state index in [1.807, 2.05) is 12.1 Å². The Morgan fingerprint density at radius 1 is 1.06 bits per heavy atom. The number of nitrogens with one attached hydrogen (secondary N) is 2. The SMILES string of the molecule is CCNCCCNCCc1ccccc1F. The normalized spacial score (nSPS) is 10.6. The molecule has 1 rings (SSSR count). The molecule has 0 atom stereocenters. The van der Waals surface area contributed by atoms with Gasteiger partial charge >= 0.3 is 0 Å². The van der Waals surface area contributed by atoms with E-state index < -0.39 is 0 Å². The van der Waals surface area contributed by atoms with Gasteiger partial charge in [0.05, 0.1) is 0 Å². The maximum atomic E-state index is 13.2. The maximum absolute atomic E-state index is 13.2. The molecule has 0 unspecified atom stereocenters. The van der Waals surface area contributed by atoms with E-state index in [0.29, 0.717) is 0 Å². The molecule has 0 radical (unpaired) electrons. The predicted octanol–water partition coefficient (Wildman–Crippen LogP) is 1.96. The molecule has 3 heteroatoms. The van der Waals surface area contributed by atoms with Crippen molar-refractivity contribution in [3.63, 3.8) is 0 Å². The molecule has 2 nitrogen and oxygen atoms in total. The van der Waals surface area contributed by atoms with E-state index in [1.165, 1.54) is 6.07 Å². The van der Waals surface area contributed by atoms with Crippen molar-refractivity contribution in [2.75, 3.05) is 26.2 Å². The van der Waals surface area contributed by atoms with Gasteiger partial charge in [-0.25, -0.2) is 4.39 Å². The Labute approximate surface area is 97.3 Å². The van der Waals surface area contributed by atoms with Gasteiger partial charge in [-0.05, 0) is 50.7 Å². The Morgan fingerprint density at radius 2 is 1.81 bits per heavy atom. The molecule has 0 aliphatic carbocycles. The van der Waals surface area contributed by atoms with Gasteiger partial charge in [0, 0.05) is 0 Å². The Kier molecular flexibility index (Phi) is 6.77. The van der Waals surface area contributed by atoms with Crippen LogP contribution in [0.2, 0.25) is 0 Å². The summed E-state index contributed by atoms with van der Waals surface area (Å²) in [5.41, 5.74) is 0.793. The zero-order valence-electron chi connectivity index (χ0n) is 9.93. The van der Waals surface area contributed by atoms with Crippen molar-refractivity contribution in [2.45, 2.75) is 19.8 Å². The number of benzene rings is 1. The molecule has 0 saturated carbocycles. The second-order valence-corrected chi connectivity index (χ2v) is 3.80. The van der Waals surface area contributed by atoms with Gasteiger partial charge in [0.2, 0.25) is 0 Å². The van der Waals surface area contributed by atoms with Gasteiger partial charge in [-0.15, -0.1) is 0 Å². The summed E-state index contributed by atoms with van der Waals surface area (Å²) in [4.78, 5) is 0. The molecule has 1 aromatic rings. The van der Waals surface area contributed by atoms with Crippen LogP contribution < -0.4 is 10.6 Å². The Bertz CT molecular complexity index is 289. The molecule has 2 N–H and O–H groups in total. The molecule has 16 heavy (non-hydrogen) atoms. The van der Waals surface area contributed by atoms with Crippen molar-refractivity contribution in [3.05, 3.63) is 35.6 Å². The zero-order valence-corrected chi connectivity index (χ0v) is 9.93. The summed E-state index contributed by atoms with van der Waals surface area (Å²) in [6.07, 6.45) is 1.87. The van der Waals surface area contributed by atoms with Gasteiger partial charge in [-0.2, -0.15) is 0 Å². The summed E-state index contributed by atoms with van der Waals surface area (Å²) >= 11 is 0. The van der Waals surface area contributed by atoms with Gasteiger partial charge in [-0.1, -0.05) is 25.1 Å². The largest absolute Gasteiger partial charge is 0.317 e. The van der Waals surface area contributed by atoms with Gasteiger partial charge in [0.15, 0.2) is 0 Å². The Balaban J connectivity index is 2.05. The number of rotatable bonds is 8. The minimum Gasteiger partial charge on any atom is -0.317 e. The van der Waals surface area contributed by atoms with Crippen LogP contribution in [-0.2, 0) is 6.42 Å². The Morgan fingerprint density at radius 3 is 2.56 bits per heavy atom. The quantitative estimate of drug-likeness (QED) is 0.660. The van der Waals surface area contributed by atoms with E-state index in [0.717, 1.165) is 44.6 Å². The fourth-order valence-corrected chi connectivity index (χ4v) is 1.56. The van der Waals surface area contributed by atoms with Gasteiger partial charge in [-0.3, -0.25) is 0 Å². The molecule has 0 spiro atoms. The first-order chi connectivity index (χ1) is 7.84. The molecular weight excluding hydrogens is 203 g/mol. The smallest absolute Gasteiger partial charge is 0.126 e. The molecule has 0 bridgehead atoms. The van der Waals surface area contributed by atoms with Crippen LogP contribution in [0.5, 0.6) is 0 Å². The minimum atomic E-state index is -0.100. The molecule has 0 saturated heterocycles. The standard InChI is InChI=1S/C13H21FN2/c1-2-15-9-5-10-16-11-8-12-6-3-4-7-13(12)14/h3-4,6-7,15-16H,2,5,8-11H2,1H3. The minimum absolute atomic E-state index is 0.100. The molecule has 0 aliphatic heterocycles. The van der Waals surface area contributed by atoms with E-state index in [9.17, 15) is 4.39 Å². The Hall–Kier alpha value is -0.930. The van der Waals surface area contributed by atoms with E-state index in [-0.39, 0.29) is 5.82 Å². The van der Waals surface area contributed by atoms with Crippen LogP contribution in [0.4, 0.5) is 4.39 Å². The van der Waals surface area contributed by atoms with Crippen molar-refractivity contribution in [1.82, 2.24) is 10.6 Å². The van der Waals surface area contributed by atoms with Crippen LogP contribution in [0.3, 0.4) is 0 Å². The molecule has 0 heterocycles. The van der Waals surface area contributed by atoms with Crippen LogP contribution >= 0.6 is 0 Å². The number of hydrogen-bond donors (Lipinski definition) is 2. The summed E-state index contributed by atoms with van der Waals surface area (Å²) in [7, 11) is 0. The summed E-state index contributed by atoms with van der Waals surface area (Å²) in [5, 5.41) is 6.58. The number of halogens is 1. The summed E-state index contributed by atoms with van der Waals surface area (Å²) in [5.74, 6) is -0.100. The van der Waals surface area contributed by atoms with Crippen molar-refractivity contribution < 1.29 is 4.39 Å². The monoisotopic (exact) mass is 224 g/mol. The van der Waals surface area contributed by atoms with Gasteiger partial charge < -0.3 is 10.6 Å². The van der Waals surface area contributed by atoms with Crippen LogP contribution in [0.1, 0.15) is 18.9 Å². The third-order valence-electron chi connectivity index (χ3n) is 2.49. The maximum Gasteiger partial charge on any atom is 0.126 e. The summed E-state index contributed by atoms with van der Waals surface area (Å²) in [6.45, 7) is 6.00. The average molecular weight is 224 g/mol. The second kappa shape index (κ2) is 8.25. The molecular formula is C13H21FN2.